The summed E-state index contributed by atoms with van der Waals surface area (Å²) in [5.74, 6) is 0.0104. The van der Waals surface area contributed by atoms with Gasteiger partial charge in [-0.05, 0) is 24.3 Å². The zero-order chi connectivity index (χ0) is 13.7. The van der Waals surface area contributed by atoms with Crippen molar-refractivity contribution in [1.29, 1.82) is 0 Å². The molecule has 0 aliphatic heterocycles. The number of ketones is 1. The van der Waals surface area contributed by atoms with Gasteiger partial charge in [0.05, 0.1) is 10.6 Å². The SMILES string of the molecule is O=C(CC(=S)S)c1ccc(Sc2ccccc2)cc1. The third kappa shape index (κ3) is 4.49. The van der Waals surface area contributed by atoms with Gasteiger partial charge in [0.25, 0.3) is 0 Å². The molecule has 0 aromatic heterocycles. The molecule has 0 unspecified atom stereocenters. The highest BCUT2D eigenvalue weighted by atomic mass is 32.2. The van der Waals surface area contributed by atoms with Gasteiger partial charge in [-0.3, -0.25) is 4.79 Å². The van der Waals surface area contributed by atoms with Crippen LogP contribution in [0.5, 0.6) is 0 Å². The fourth-order valence-corrected chi connectivity index (χ4v) is 2.69. The van der Waals surface area contributed by atoms with E-state index >= 15 is 0 Å². The van der Waals surface area contributed by atoms with E-state index in [1.807, 2.05) is 42.5 Å². The Morgan fingerprint density at radius 3 is 2.16 bits per heavy atom. The summed E-state index contributed by atoms with van der Waals surface area (Å²) >= 11 is 10.5. The number of carbonyl (C=O) groups is 1. The summed E-state index contributed by atoms with van der Waals surface area (Å²) in [6.07, 6.45) is 0.212. The Labute approximate surface area is 127 Å². The van der Waals surface area contributed by atoms with Crippen LogP contribution >= 0.6 is 36.6 Å². The molecule has 0 saturated heterocycles. The van der Waals surface area contributed by atoms with E-state index in [2.05, 4.69) is 24.8 Å². The Kier molecular flexibility index (Phi) is 5.19. The molecule has 96 valence electrons. The molecular weight excluding hydrogens is 292 g/mol. The minimum Gasteiger partial charge on any atom is -0.294 e. The molecule has 0 N–H and O–H groups in total. The van der Waals surface area contributed by atoms with Gasteiger partial charge >= 0.3 is 0 Å². The Balaban J connectivity index is 2.06. The molecule has 0 radical (unpaired) electrons. The fraction of sp³-hybridized carbons (Fsp3) is 0.0667. The standard InChI is InChI=1S/C15H12OS3/c16-14(10-15(17)18)11-6-8-13(9-7-11)19-12-4-2-1-3-5-12/h1-9H,10H2,(H,17,18). The van der Waals surface area contributed by atoms with Gasteiger partial charge in [-0.1, -0.05) is 54.3 Å². The first-order chi connectivity index (χ1) is 9.15. The maximum absolute atomic E-state index is 11.8. The van der Waals surface area contributed by atoms with Crippen molar-refractivity contribution in [3.8, 4) is 0 Å². The highest BCUT2D eigenvalue weighted by Crippen LogP contribution is 2.27. The minimum absolute atomic E-state index is 0.0104. The fourth-order valence-electron chi connectivity index (χ4n) is 1.57. The highest BCUT2D eigenvalue weighted by molar-refractivity contribution is 8.11. The Morgan fingerprint density at radius 1 is 1.00 bits per heavy atom. The van der Waals surface area contributed by atoms with Gasteiger partial charge in [0.2, 0.25) is 0 Å². The second kappa shape index (κ2) is 6.89. The van der Waals surface area contributed by atoms with E-state index in [9.17, 15) is 4.79 Å². The van der Waals surface area contributed by atoms with Crippen LogP contribution in [0.1, 0.15) is 16.8 Å². The van der Waals surface area contributed by atoms with E-state index in [-0.39, 0.29) is 12.2 Å². The second-order valence-corrected chi connectivity index (χ2v) is 6.42. The molecule has 0 fully saturated rings. The summed E-state index contributed by atoms with van der Waals surface area (Å²) in [4.78, 5) is 14.1. The average Bonchev–Trinajstić information content (AvgIpc) is 2.40. The number of carbonyl (C=O) groups excluding carboxylic acids is 1. The molecule has 0 saturated carbocycles. The Hall–Kier alpha value is -1.10. The van der Waals surface area contributed by atoms with E-state index in [1.54, 1.807) is 11.8 Å². The summed E-state index contributed by atoms with van der Waals surface area (Å²) in [5, 5.41) is 0. The van der Waals surface area contributed by atoms with Gasteiger partial charge in [-0.15, -0.1) is 12.6 Å². The topological polar surface area (TPSA) is 17.1 Å². The van der Waals surface area contributed by atoms with Gasteiger partial charge in [0, 0.05) is 15.4 Å². The maximum Gasteiger partial charge on any atom is 0.168 e. The Bertz CT molecular complexity index is 576. The zero-order valence-electron chi connectivity index (χ0n) is 10.1. The molecule has 0 bridgehead atoms. The van der Waals surface area contributed by atoms with Crippen molar-refractivity contribution in [2.24, 2.45) is 0 Å². The summed E-state index contributed by atoms with van der Waals surface area (Å²) in [7, 11) is 0. The lowest BCUT2D eigenvalue weighted by Gasteiger charge is -2.03. The van der Waals surface area contributed by atoms with Crippen molar-refractivity contribution in [2.45, 2.75) is 16.2 Å². The first-order valence-corrected chi connectivity index (χ1v) is 7.40. The predicted molar refractivity (Wildman–Crippen MR) is 87.5 cm³/mol. The maximum atomic E-state index is 11.8. The molecule has 0 spiro atoms. The second-order valence-electron chi connectivity index (χ2n) is 3.93. The van der Waals surface area contributed by atoms with E-state index in [0.717, 1.165) is 4.90 Å². The van der Waals surface area contributed by atoms with Crippen LogP contribution in [-0.2, 0) is 0 Å². The molecule has 2 aromatic carbocycles. The van der Waals surface area contributed by atoms with Crippen LogP contribution in [0, 0.1) is 0 Å². The average molecular weight is 304 g/mol. The molecular formula is C15H12OS3. The molecule has 4 heteroatoms. The van der Waals surface area contributed by atoms with E-state index < -0.39 is 0 Å². The number of rotatable bonds is 5. The normalized spacial score (nSPS) is 10.2. The Morgan fingerprint density at radius 2 is 1.58 bits per heavy atom. The van der Waals surface area contributed by atoms with Crippen LogP contribution in [-0.4, -0.2) is 9.98 Å². The smallest absolute Gasteiger partial charge is 0.168 e. The summed E-state index contributed by atoms with van der Waals surface area (Å²) < 4.78 is 0.424. The molecule has 0 aliphatic carbocycles. The summed E-state index contributed by atoms with van der Waals surface area (Å²) in [5.41, 5.74) is 0.675. The largest absolute Gasteiger partial charge is 0.294 e. The molecule has 19 heavy (non-hydrogen) atoms. The van der Waals surface area contributed by atoms with Crippen molar-refractivity contribution < 1.29 is 4.79 Å². The van der Waals surface area contributed by atoms with Gasteiger partial charge in [0.1, 0.15) is 0 Å². The van der Waals surface area contributed by atoms with Crippen molar-refractivity contribution in [1.82, 2.24) is 0 Å². The third-order valence-electron chi connectivity index (χ3n) is 2.47. The van der Waals surface area contributed by atoms with Gasteiger partial charge < -0.3 is 0 Å². The lowest BCUT2D eigenvalue weighted by atomic mass is 10.1. The van der Waals surface area contributed by atoms with E-state index in [1.165, 1.54) is 4.90 Å². The first kappa shape index (κ1) is 14.3. The number of hydrogen-bond acceptors (Lipinski definition) is 3. The quantitative estimate of drug-likeness (QED) is 0.491. The molecule has 2 aromatic rings. The number of Topliss-reactive ketones (excluding diaryl/α,β-unsaturated/α-hetero) is 1. The summed E-state index contributed by atoms with van der Waals surface area (Å²) in [6.45, 7) is 0. The highest BCUT2D eigenvalue weighted by Gasteiger charge is 2.07. The van der Waals surface area contributed by atoms with E-state index in [4.69, 9.17) is 12.2 Å². The van der Waals surface area contributed by atoms with Crippen molar-refractivity contribution >= 4 is 46.6 Å². The molecule has 2 rings (SSSR count). The van der Waals surface area contributed by atoms with Gasteiger partial charge in [-0.25, -0.2) is 0 Å². The van der Waals surface area contributed by atoms with Gasteiger partial charge in [-0.2, -0.15) is 0 Å². The third-order valence-corrected chi connectivity index (χ3v) is 3.79. The summed E-state index contributed by atoms with van der Waals surface area (Å²) in [6, 6.07) is 17.7. The van der Waals surface area contributed by atoms with Crippen LogP contribution in [0.15, 0.2) is 64.4 Å². The van der Waals surface area contributed by atoms with Crippen LogP contribution in [0.4, 0.5) is 0 Å². The van der Waals surface area contributed by atoms with Crippen LogP contribution in [0.3, 0.4) is 0 Å². The van der Waals surface area contributed by atoms with Crippen molar-refractivity contribution in [3.63, 3.8) is 0 Å². The molecule has 0 atom stereocenters. The first-order valence-electron chi connectivity index (χ1n) is 5.73. The zero-order valence-corrected chi connectivity index (χ0v) is 12.6. The van der Waals surface area contributed by atoms with Crippen molar-refractivity contribution in [2.75, 3.05) is 0 Å². The molecule has 0 heterocycles. The van der Waals surface area contributed by atoms with Crippen molar-refractivity contribution in [3.05, 3.63) is 60.2 Å². The lowest BCUT2D eigenvalue weighted by molar-refractivity contribution is 0.100. The van der Waals surface area contributed by atoms with E-state index in [0.29, 0.717) is 9.76 Å². The van der Waals surface area contributed by atoms with Crippen LogP contribution in [0.25, 0.3) is 0 Å². The number of benzene rings is 2. The predicted octanol–water partition coefficient (Wildman–Crippen LogP) is 4.67. The number of thiocarbonyl (C=S) groups is 1. The molecule has 1 nitrogen and oxygen atoms in total. The number of thiol groups is 1. The molecule has 0 aliphatic rings. The lowest BCUT2D eigenvalue weighted by Crippen LogP contribution is -2.01. The van der Waals surface area contributed by atoms with Crippen LogP contribution in [0.2, 0.25) is 0 Å². The van der Waals surface area contributed by atoms with Gasteiger partial charge in [0.15, 0.2) is 5.78 Å². The number of hydrogen-bond donors (Lipinski definition) is 1. The minimum atomic E-state index is 0.0104. The molecule has 0 amide bonds. The van der Waals surface area contributed by atoms with Crippen LogP contribution < -0.4 is 0 Å². The monoisotopic (exact) mass is 304 g/mol.